The number of hydrogen-bond donors (Lipinski definition) is 0. The largest absolute Gasteiger partial charge is 0.309 e. The Morgan fingerprint density at radius 3 is 1.52 bits per heavy atom. The molecule has 272 valence electrons. The van der Waals surface area contributed by atoms with Gasteiger partial charge in [-0.3, -0.25) is 0 Å². The first-order chi connectivity index (χ1) is 28.8. The van der Waals surface area contributed by atoms with Crippen molar-refractivity contribution in [3.8, 4) is 33.4 Å². The second-order valence-electron chi connectivity index (χ2n) is 15.2. The van der Waals surface area contributed by atoms with Crippen LogP contribution in [0.25, 0.3) is 54.9 Å². The summed E-state index contributed by atoms with van der Waals surface area (Å²) in [5, 5.41) is 4.92. The molecule has 58 heavy (non-hydrogen) atoms. The zero-order valence-electron chi connectivity index (χ0n) is 32.0. The molecule has 1 heteroatoms. The quantitative estimate of drug-likeness (QED) is 0.157. The van der Waals surface area contributed by atoms with E-state index in [4.69, 9.17) is 0 Å². The molecule has 0 radical (unpaired) electrons. The number of para-hydroxylation sites is 1. The van der Waals surface area contributed by atoms with E-state index < -0.39 is 5.41 Å². The van der Waals surface area contributed by atoms with Gasteiger partial charge in [0.2, 0.25) is 0 Å². The van der Waals surface area contributed by atoms with E-state index in [0.29, 0.717) is 0 Å². The molecule has 0 unspecified atom stereocenters. The van der Waals surface area contributed by atoms with E-state index in [0.717, 1.165) is 17.1 Å². The first-order valence-electron chi connectivity index (χ1n) is 20.1. The normalized spacial score (nSPS) is 12.6. The summed E-state index contributed by atoms with van der Waals surface area (Å²) in [6.45, 7) is 0. The maximum absolute atomic E-state index is 2.46. The van der Waals surface area contributed by atoms with Crippen LogP contribution in [-0.4, -0.2) is 0 Å². The van der Waals surface area contributed by atoms with Gasteiger partial charge in [0.15, 0.2) is 0 Å². The summed E-state index contributed by atoms with van der Waals surface area (Å²) in [5.41, 5.74) is 15.4. The number of nitrogens with zero attached hydrogens (tertiary/aromatic N) is 1. The van der Waals surface area contributed by atoms with Crippen molar-refractivity contribution >= 4 is 38.6 Å². The van der Waals surface area contributed by atoms with Gasteiger partial charge < -0.3 is 4.90 Å². The van der Waals surface area contributed by atoms with Gasteiger partial charge in [0, 0.05) is 16.6 Å². The van der Waals surface area contributed by atoms with Crippen LogP contribution in [0.3, 0.4) is 0 Å². The molecule has 0 amide bonds. The minimum Gasteiger partial charge on any atom is -0.309 e. The SMILES string of the molecule is c1ccc(C2(c3ccccc3)c3ccccc3-c3c(-c4ccccc4N(c4ccc(-c5cccc6ccccc56)cc4)c4cccc5ccccc45)cccc32)cc1. The highest BCUT2D eigenvalue weighted by atomic mass is 15.1. The Morgan fingerprint density at radius 1 is 0.293 bits per heavy atom. The van der Waals surface area contributed by atoms with Gasteiger partial charge in [-0.2, -0.15) is 0 Å². The van der Waals surface area contributed by atoms with Gasteiger partial charge in [0.1, 0.15) is 0 Å². The maximum Gasteiger partial charge on any atom is 0.0713 e. The van der Waals surface area contributed by atoms with Crippen LogP contribution in [0.15, 0.2) is 237 Å². The molecule has 0 N–H and O–H groups in total. The summed E-state index contributed by atoms with van der Waals surface area (Å²) in [6.07, 6.45) is 0. The molecule has 10 aromatic carbocycles. The van der Waals surface area contributed by atoms with E-state index >= 15 is 0 Å². The molecule has 0 fully saturated rings. The lowest BCUT2D eigenvalue weighted by Crippen LogP contribution is -2.28. The first-order valence-corrected chi connectivity index (χ1v) is 20.1. The lowest BCUT2D eigenvalue weighted by molar-refractivity contribution is 0.768. The van der Waals surface area contributed by atoms with E-state index in [9.17, 15) is 0 Å². The van der Waals surface area contributed by atoms with Gasteiger partial charge in [-0.25, -0.2) is 0 Å². The van der Waals surface area contributed by atoms with Crippen LogP contribution >= 0.6 is 0 Å². The molecule has 1 nitrogen and oxygen atoms in total. The number of fused-ring (bicyclic) bond motifs is 5. The summed E-state index contributed by atoms with van der Waals surface area (Å²) < 4.78 is 0. The Balaban J connectivity index is 1.16. The lowest BCUT2D eigenvalue weighted by Gasteiger charge is -2.34. The fourth-order valence-electron chi connectivity index (χ4n) is 9.69. The van der Waals surface area contributed by atoms with Crippen molar-refractivity contribution in [2.24, 2.45) is 0 Å². The molecule has 0 bridgehead atoms. The topological polar surface area (TPSA) is 3.24 Å². The van der Waals surface area contributed by atoms with Gasteiger partial charge in [0.25, 0.3) is 0 Å². The zero-order valence-corrected chi connectivity index (χ0v) is 32.0. The minimum absolute atomic E-state index is 0.480. The van der Waals surface area contributed by atoms with Crippen molar-refractivity contribution in [1.82, 2.24) is 0 Å². The number of benzene rings is 10. The predicted molar refractivity (Wildman–Crippen MR) is 244 cm³/mol. The highest BCUT2D eigenvalue weighted by molar-refractivity contribution is 6.04. The standard InChI is InChI=1S/C57H39N/c1-3-22-43(23-4-1)57(44-24-5-2-6-25-44)52-32-13-11-29-51(52)56-50(31-17-33-53(56)57)49-28-12-14-34-55(49)58(54-35-16-21-41-19-8-10-27-48(41)54)45-38-36-42(37-39-45)47-30-15-20-40-18-7-9-26-46(40)47/h1-39H. The monoisotopic (exact) mass is 737 g/mol. The molecule has 0 aromatic heterocycles. The van der Waals surface area contributed by atoms with Crippen LogP contribution in [0.4, 0.5) is 17.1 Å². The summed E-state index contributed by atoms with van der Waals surface area (Å²) in [7, 11) is 0. The molecular formula is C57H39N. The molecule has 0 heterocycles. The van der Waals surface area contributed by atoms with Crippen LogP contribution in [0, 0.1) is 0 Å². The number of anilines is 3. The van der Waals surface area contributed by atoms with Crippen molar-refractivity contribution in [2.75, 3.05) is 4.90 Å². The Bertz CT molecular complexity index is 3060. The van der Waals surface area contributed by atoms with Crippen LogP contribution in [0.2, 0.25) is 0 Å². The fourth-order valence-corrected chi connectivity index (χ4v) is 9.69. The van der Waals surface area contributed by atoms with E-state index in [1.54, 1.807) is 0 Å². The molecule has 0 atom stereocenters. The third-order valence-corrected chi connectivity index (χ3v) is 12.2. The molecule has 0 saturated heterocycles. The predicted octanol–water partition coefficient (Wildman–Crippen LogP) is 15.2. The van der Waals surface area contributed by atoms with Crippen LogP contribution in [0.5, 0.6) is 0 Å². The summed E-state index contributed by atoms with van der Waals surface area (Å²) in [4.78, 5) is 2.46. The van der Waals surface area contributed by atoms with Gasteiger partial charge >= 0.3 is 0 Å². The van der Waals surface area contributed by atoms with Crippen LogP contribution in [0.1, 0.15) is 22.3 Å². The van der Waals surface area contributed by atoms with E-state index in [1.807, 2.05) is 0 Å². The molecule has 10 aromatic rings. The van der Waals surface area contributed by atoms with Crippen LogP contribution < -0.4 is 4.90 Å². The fraction of sp³-hybridized carbons (Fsp3) is 0.0175. The summed E-state index contributed by atoms with van der Waals surface area (Å²) in [6, 6.07) is 86.8. The Labute approximate surface area is 339 Å². The molecule has 0 spiro atoms. The summed E-state index contributed by atoms with van der Waals surface area (Å²) >= 11 is 0. The van der Waals surface area contributed by atoms with E-state index in [2.05, 4.69) is 241 Å². The lowest BCUT2D eigenvalue weighted by atomic mass is 9.67. The highest BCUT2D eigenvalue weighted by Crippen LogP contribution is 2.59. The van der Waals surface area contributed by atoms with Gasteiger partial charge in [-0.05, 0) is 90.5 Å². The highest BCUT2D eigenvalue weighted by Gasteiger charge is 2.46. The van der Waals surface area contributed by atoms with Crippen molar-refractivity contribution in [1.29, 1.82) is 0 Å². The minimum atomic E-state index is -0.480. The summed E-state index contributed by atoms with van der Waals surface area (Å²) in [5.74, 6) is 0. The number of hydrogen-bond acceptors (Lipinski definition) is 1. The van der Waals surface area contributed by atoms with E-state index in [1.165, 1.54) is 77.2 Å². The molecule has 11 rings (SSSR count). The number of rotatable bonds is 7. The Morgan fingerprint density at radius 2 is 0.776 bits per heavy atom. The van der Waals surface area contributed by atoms with Gasteiger partial charge in [-0.15, -0.1) is 0 Å². The average Bonchev–Trinajstić information content (AvgIpc) is 3.61. The van der Waals surface area contributed by atoms with Gasteiger partial charge in [0.05, 0.1) is 16.8 Å². The maximum atomic E-state index is 2.46. The third-order valence-electron chi connectivity index (χ3n) is 12.2. The average molecular weight is 738 g/mol. The molecule has 1 aliphatic rings. The van der Waals surface area contributed by atoms with Crippen molar-refractivity contribution in [3.63, 3.8) is 0 Å². The Kier molecular flexibility index (Phi) is 8.12. The molecule has 0 saturated carbocycles. The second kappa shape index (κ2) is 13.9. The van der Waals surface area contributed by atoms with E-state index in [-0.39, 0.29) is 0 Å². The smallest absolute Gasteiger partial charge is 0.0713 e. The van der Waals surface area contributed by atoms with Crippen molar-refractivity contribution in [3.05, 3.63) is 259 Å². The van der Waals surface area contributed by atoms with Gasteiger partial charge in [-0.1, -0.05) is 212 Å². The zero-order chi connectivity index (χ0) is 38.5. The Hall–Kier alpha value is -7.48. The first kappa shape index (κ1) is 33.8. The van der Waals surface area contributed by atoms with Crippen LogP contribution in [-0.2, 0) is 5.41 Å². The second-order valence-corrected chi connectivity index (χ2v) is 15.2. The van der Waals surface area contributed by atoms with Crippen molar-refractivity contribution in [2.45, 2.75) is 5.41 Å². The van der Waals surface area contributed by atoms with Crippen molar-refractivity contribution < 1.29 is 0 Å². The third kappa shape index (κ3) is 5.25. The molecule has 1 aliphatic carbocycles. The molecule has 0 aliphatic heterocycles. The molecular weight excluding hydrogens is 699 g/mol.